The molecule has 0 atom stereocenters. The van der Waals surface area contributed by atoms with Crippen LogP contribution < -0.4 is 3.71 Å². The predicted octanol–water partition coefficient (Wildman–Crippen LogP) is 5.42. The Kier molecular flexibility index (Phi) is 9.70. The Hall–Kier alpha value is 0.00870. The monoisotopic (exact) mass is 400 g/mol. The minimum atomic E-state index is -2.24. The fraction of sp³-hybridized carbons (Fsp3) is 0.833. The molecule has 0 amide bonds. The first-order valence-electron chi connectivity index (χ1n) is 9.26. The van der Waals surface area contributed by atoms with Crippen LogP contribution in [0.15, 0.2) is 6.20 Å². The number of unbranched alkanes of at least 4 members (excludes halogenated alkanes) is 3. The molecule has 122 valence electrons. The van der Waals surface area contributed by atoms with E-state index in [1.165, 1.54) is 64.1 Å². The number of rotatable bonds is 12. The quantitative estimate of drug-likeness (QED) is 0.468. The second-order valence-electron chi connectivity index (χ2n) is 6.58. The SMILES string of the molecule is CCC[CH2][Sn]([CH2]CCC)([CH2]CCC)[c]1cnc(CCC)[nH]1. The van der Waals surface area contributed by atoms with Crippen LogP contribution >= 0.6 is 0 Å². The van der Waals surface area contributed by atoms with E-state index in [1.54, 1.807) is 3.71 Å². The van der Waals surface area contributed by atoms with Crippen LogP contribution in [-0.2, 0) is 6.42 Å². The number of hydrogen-bond acceptors (Lipinski definition) is 1. The van der Waals surface area contributed by atoms with Gasteiger partial charge in [-0.3, -0.25) is 0 Å². The maximum atomic E-state index is 4.69. The van der Waals surface area contributed by atoms with E-state index in [2.05, 4.69) is 38.9 Å². The summed E-state index contributed by atoms with van der Waals surface area (Å²) in [5, 5.41) is 0. The molecule has 1 aromatic heterocycles. The Morgan fingerprint density at radius 2 is 1.38 bits per heavy atom. The molecule has 0 fully saturated rings. The van der Waals surface area contributed by atoms with Gasteiger partial charge in [0.2, 0.25) is 0 Å². The fourth-order valence-electron chi connectivity index (χ4n) is 3.32. The standard InChI is InChI=1S/C6H9N2.3C4H9.Sn/c1-2-3-6-7-4-5-8-6;3*1-3-4-2;/h4H,2-3H2,1H3,(H,7,8);3*1,3-4H2,2H3;. The number of aryl methyl sites for hydroxylation is 1. The molecule has 21 heavy (non-hydrogen) atoms. The Labute approximate surface area is 136 Å². The third-order valence-electron chi connectivity index (χ3n) is 4.71. The first kappa shape index (κ1) is 19.1. The van der Waals surface area contributed by atoms with E-state index in [9.17, 15) is 0 Å². The predicted molar refractivity (Wildman–Crippen MR) is 97.1 cm³/mol. The molecule has 2 nitrogen and oxygen atoms in total. The summed E-state index contributed by atoms with van der Waals surface area (Å²) in [5.74, 6) is 1.23. The zero-order chi connectivity index (χ0) is 15.6. The van der Waals surface area contributed by atoms with Gasteiger partial charge in [0, 0.05) is 0 Å². The Balaban J connectivity index is 2.97. The van der Waals surface area contributed by atoms with Crippen LogP contribution in [0.1, 0.15) is 78.5 Å². The van der Waals surface area contributed by atoms with Crippen molar-refractivity contribution in [2.24, 2.45) is 0 Å². The first-order chi connectivity index (χ1) is 10.2. The second kappa shape index (κ2) is 10.7. The molecule has 0 aliphatic heterocycles. The first-order valence-corrected chi connectivity index (χ1v) is 16.7. The third-order valence-corrected chi connectivity index (χ3v) is 19.9. The van der Waals surface area contributed by atoms with Crippen molar-refractivity contribution >= 4 is 22.1 Å². The van der Waals surface area contributed by atoms with Crippen LogP contribution in [0.3, 0.4) is 0 Å². The van der Waals surface area contributed by atoms with Gasteiger partial charge in [0.1, 0.15) is 0 Å². The zero-order valence-corrected chi connectivity index (χ0v) is 17.7. The minimum absolute atomic E-state index is 1.11. The van der Waals surface area contributed by atoms with Crippen molar-refractivity contribution in [3.8, 4) is 0 Å². The van der Waals surface area contributed by atoms with Crippen molar-refractivity contribution in [2.75, 3.05) is 0 Å². The molecule has 0 aliphatic rings. The van der Waals surface area contributed by atoms with Crippen LogP contribution in [0.2, 0.25) is 13.3 Å². The molecular formula is C18H36N2Sn. The molecule has 0 radical (unpaired) electrons. The van der Waals surface area contributed by atoms with E-state index in [0.717, 1.165) is 6.42 Å². The van der Waals surface area contributed by atoms with Gasteiger partial charge in [0.05, 0.1) is 0 Å². The summed E-state index contributed by atoms with van der Waals surface area (Å²) in [6.07, 6.45) is 12.8. The summed E-state index contributed by atoms with van der Waals surface area (Å²) < 4.78 is 6.21. The molecule has 1 N–H and O–H groups in total. The zero-order valence-electron chi connectivity index (χ0n) is 14.8. The molecule has 0 saturated carbocycles. The number of H-pyrrole nitrogens is 1. The van der Waals surface area contributed by atoms with E-state index >= 15 is 0 Å². The van der Waals surface area contributed by atoms with Crippen LogP contribution in [0.5, 0.6) is 0 Å². The van der Waals surface area contributed by atoms with E-state index < -0.39 is 18.4 Å². The van der Waals surface area contributed by atoms with Crippen molar-refractivity contribution in [2.45, 2.75) is 92.4 Å². The van der Waals surface area contributed by atoms with Crippen LogP contribution in [0.25, 0.3) is 0 Å². The molecule has 0 saturated heterocycles. The summed E-state index contributed by atoms with van der Waals surface area (Å²) in [6, 6.07) is 0. The fourth-order valence-corrected chi connectivity index (χ4v) is 18.7. The van der Waals surface area contributed by atoms with E-state index in [4.69, 9.17) is 4.98 Å². The molecule has 0 bridgehead atoms. The summed E-state index contributed by atoms with van der Waals surface area (Å²) in [5.41, 5.74) is 0. The van der Waals surface area contributed by atoms with Gasteiger partial charge in [0.25, 0.3) is 0 Å². The Bertz CT molecular complexity index is 351. The van der Waals surface area contributed by atoms with Crippen LogP contribution in [0.4, 0.5) is 0 Å². The van der Waals surface area contributed by atoms with E-state index in [1.807, 2.05) is 0 Å². The van der Waals surface area contributed by atoms with Gasteiger partial charge in [-0.05, 0) is 0 Å². The van der Waals surface area contributed by atoms with Gasteiger partial charge < -0.3 is 0 Å². The summed E-state index contributed by atoms with van der Waals surface area (Å²) in [6.45, 7) is 9.26. The van der Waals surface area contributed by atoms with E-state index in [0.29, 0.717) is 0 Å². The van der Waals surface area contributed by atoms with Gasteiger partial charge in [-0.15, -0.1) is 0 Å². The topological polar surface area (TPSA) is 28.7 Å². The molecule has 0 aliphatic carbocycles. The average Bonchev–Trinajstić information content (AvgIpc) is 2.96. The number of hydrogen-bond donors (Lipinski definition) is 1. The maximum absolute atomic E-state index is 4.69. The molecule has 1 heterocycles. The van der Waals surface area contributed by atoms with Crippen molar-refractivity contribution < 1.29 is 0 Å². The number of aromatic nitrogens is 2. The molecule has 0 aromatic carbocycles. The van der Waals surface area contributed by atoms with Crippen molar-refractivity contribution in [3.63, 3.8) is 0 Å². The van der Waals surface area contributed by atoms with Crippen LogP contribution in [-0.4, -0.2) is 28.3 Å². The van der Waals surface area contributed by atoms with Gasteiger partial charge in [-0.1, -0.05) is 0 Å². The number of imidazole rings is 1. The number of aromatic amines is 1. The normalized spacial score (nSPS) is 12.0. The number of nitrogens with zero attached hydrogens (tertiary/aromatic N) is 1. The average molecular weight is 399 g/mol. The molecule has 1 rings (SSSR count). The van der Waals surface area contributed by atoms with Crippen molar-refractivity contribution in [1.82, 2.24) is 9.97 Å². The second-order valence-corrected chi connectivity index (χ2v) is 19.7. The Morgan fingerprint density at radius 1 is 0.857 bits per heavy atom. The van der Waals surface area contributed by atoms with Gasteiger partial charge >= 0.3 is 136 Å². The summed E-state index contributed by atoms with van der Waals surface area (Å²) in [7, 11) is 0. The molecule has 1 aromatic rings. The van der Waals surface area contributed by atoms with Gasteiger partial charge in [0.15, 0.2) is 0 Å². The summed E-state index contributed by atoms with van der Waals surface area (Å²) in [4.78, 5) is 8.46. The van der Waals surface area contributed by atoms with Crippen LogP contribution in [0, 0.1) is 0 Å². The Morgan fingerprint density at radius 3 is 1.81 bits per heavy atom. The molecule has 0 spiro atoms. The summed E-state index contributed by atoms with van der Waals surface area (Å²) >= 11 is -2.24. The van der Waals surface area contributed by atoms with Crippen molar-refractivity contribution in [3.05, 3.63) is 12.0 Å². The third kappa shape index (κ3) is 5.96. The molecular weight excluding hydrogens is 363 g/mol. The van der Waals surface area contributed by atoms with E-state index in [-0.39, 0.29) is 0 Å². The molecule has 0 unspecified atom stereocenters. The molecule has 3 heteroatoms. The van der Waals surface area contributed by atoms with Gasteiger partial charge in [-0.2, -0.15) is 0 Å². The van der Waals surface area contributed by atoms with Gasteiger partial charge in [-0.25, -0.2) is 0 Å². The van der Waals surface area contributed by atoms with Crippen molar-refractivity contribution in [1.29, 1.82) is 0 Å². The number of nitrogens with one attached hydrogen (secondary N) is 1.